The summed E-state index contributed by atoms with van der Waals surface area (Å²) in [7, 11) is 3.03. The van der Waals surface area contributed by atoms with Gasteiger partial charge in [-0.2, -0.15) is 0 Å². The van der Waals surface area contributed by atoms with Crippen LogP contribution < -0.4 is 9.47 Å². The Balaban J connectivity index is 2.99. The Kier molecular flexibility index (Phi) is 6.69. The van der Waals surface area contributed by atoms with Crippen molar-refractivity contribution < 1.29 is 24.2 Å². The average molecular weight is 309 g/mol. The largest absolute Gasteiger partial charge is 0.493 e. The first kappa shape index (κ1) is 17.8. The molecule has 0 fully saturated rings. The lowest BCUT2D eigenvalue weighted by molar-refractivity contribution is -0.137. The fraction of sp³-hybridized carbons (Fsp3) is 0.500. The molecule has 0 aliphatic carbocycles. The molecule has 6 heteroatoms. The van der Waals surface area contributed by atoms with Crippen molar-refractivity contribution in [3.8, 4) is 11.5 Å². The molecule has 0 aliphatic heterocycles. The highest BCUT2D eigenvalue weighted by Crippen LogP contribution is 2.28. The maximum atomic E-state index is 12.6. The molecule has 6 nitrogen and oxygen atoms in total. The van der Waals surface area contributed by atoms with E-state index in [0.717, 1.165) is 0 Å². The van der Waals surface area contributed by atoms with Crippen LogP contribution in [0.1, 0.15) is 30.6 Å². The highest BCUT2D eigenvalue weighted by Gasteiger charge is 2.19. The predicted molar refractivity (Wildman–Crippen MR) is 82.5 cm³/mol. The topological polar surface area (TPSA) is 76.1 Å². The third kappa shape index (κ3) is 4.95. The number of carboxylic acid groups (broad SMARTS) is 1. The molecule has 1 aromatic carbocycles. The number of hydrogen-bond acceptors (Lipinski definition) is 4. The minimum absolute atomic E-state index is 0.0776. The molecule has 1 aromatic rings. The third-order valence-corrected chi connectivity index (χ3v) is 3.10. The van der Waals surface area contributed by atoms with Gasteiger partial charge < -0.3 is 19.5 Å². The fourth-order valence-electron chi connectivity index (χ4n) is 2.10. The van der Waals surface area contributed by atoms with Gasteiger partial charge >= 0.3 is 5.97 Å². The summed E-state index contributed by atoms with van der Waals surface area (Å²) < 4.78 is 10.3. The maximum absolute atomic E-state index is 12.6. The first-order valence-electron chi connectivity index (χ1n) is 7.12. The third-order valence-electron chi connectivity index (χ3n) is 3.10. The first-order chi connectivity index (χ1) is 10.4. The quantitative estimate of drug-likeness (QED) is 0.797. The molecule has 0 bridgehead atoms. The van der Waals surface area contributed by atoms with E-state index < -0.39 is 5.97 Å². The molecule has 0 atom stereocenters. The molecule has 0 saturated carbocycles. The Labute approximate surface area is 130 Å². The van der Waals surface area contributed by atoms with Crippen LogP contribution in [0, 0.1) is 5.92 Å². The van der Waals surface area contributed by atoms with E-state index in [4.69, 9.17) is 14.6 Å². The Bertz CT molecular complexity index is 527. The second kappa shape index (κ2) is 8.26. The van der Waals surface area contributed by atoms with Crippen molar-refractivity contribution in [2.45, 2.75) is 20.3 Å². The second-order valence-electron chi connectivity index (χ2n) is 5.36. The highest BCUT2D eigenvalue weighted by atomic mass is 16.5. The molecule has 1 amide bonds. The van der Waals surface area contributed by atoms with E-state index in [0.29, 0.717) is 23.6 Å². The van der Waals surface area contributed by atoms with Gasteiger partial charge in [-0.1, -0.05) is 13.8 Å². The number of amides is 1. The molecule has 0 radical (unpaired) electrons. The van der Waals surface area contributed by atoms with Crippen LogP contribution >= 0.6 is 0 Å². The number of carboxylic acids is 1. The van der Waals surface area contributed by atoms with Gasteiger partial charge in [0.15, 0.2) is 11.5 Å². The number of ether oxygens (including phenoxy) is 2. The van der Waals surface area contributed by atoms with E-state index in [1.807, 2.05) is 13.8 Å². The summed E-state index contributed by atoms with van der Waals surface area (Å²) in [5, 5.41) is 8.82. The van der Waals surface area contributed by atoms with Crippen LogP contribution in [0.5, 0.6) is 11.5 Å². The summed E-state index contributed by atoms with van der Waals surface area (Å²) in [6.45, 7) is 4.65. The smallest absolute Gasteiger partial charge is 0.305 e. The van der Waals surface area contributed by atoms with Crippen LogP contribution in [-0.2, 0) is 4.79 Å². The van der Waals surface area contributed by atoms with E-state index in [1.165, 1.54) is 14.2 Å². The minimum atomic E-state index is -0.922. The molecular formula is C16H23NO5. The van der Waals surface area contributed by atoms with Gasteiger partial charge in [0, 0.05) is 18.7 Å². The van der Waals surface area contributed by atoms with Gasteiger partial charge in [-0.25, -0.2) is 0 Å². The van der Waals surface area contributed by atoms with Crippen LogP contribution in [0.25, 0.3) is 0 Å². The molecule has 122 valence electrons. The zero-order chi connectivity index (χ0) is 16.7. The average Bonchev–Trinajstić information content (AvgIpc) is 2.49. The molecule has 0 saturated heterocycles. The summed E-state index contributed by atoms with van der Waals surface area (Å²) in [5.74, 6) is 0.124. The summed E-state index contributed by atoms with van der Waals surface area (Å²) in [4.78, 5) is 24.9. The summed E-state index contributed by atoms with van der Waals surface area (Å²) >= 11 is 0. The number of aliphatic carboxylic acids is 1. The Morgan fingerprint density at radius 3 is 2.32 bits per heavy atom. The molecule has 1 N–H and O–H groups in total. The zero-order valence-corrected chi connectivity index (χ0v) is 13.5. The van der Waals surface area contributed by atoms with Crippen molar-refractivity contribution in [3.05, 3.63) is 23.8 Å². The number of carbonyl (C=O) groups is 2. The van der Waals surface area contributed by atoms with Gasteiger partial charge in [-0.15, -0.1) is 0 Å². The summed E-state index contributed by atoms with van der Waals surface area (Å²) in [6, 6.07) is 4.92. The van der Waals surface area contributed by atoms with Gasteiger partial charge in [0.1, 0.15) is 0 Å². The Morgan fingerprint density at radius 2 is 1.82 bits per heavy atom. The monoisotopic (exact) mass is 309 g/mol. The van der Waals surface area contributed by atoms with Crippen LogP contribution in [0.15, 0.2) is 18.2 Å². The summed E-state index contributed by atoms with van der Waals surface area (Å²) in [5.41, 5.74) is 0.448. The van der Waals surface area contributed by atoms with E-state index in [9.17, 15) is 9.59 Å². The van der Waals surface area contributed by atoms with Crippen molar-refractivity contribution in [2.24, 2.45) is 5.92 Å². The van der Waals surface area contributed by atoms with Gasteiger partial charge in [-0.3, -0.25) is 9.59 Å². The van der Waals surface area contributed by atoms with Gasteiger partial charge in [0.2, 0.25) is 0 Å². The Morgan fingerprint density at radius 1 is 1.18 bits per heavy atom. The molecule has 0 heterocycles. The van der Waals surface area contributed by atoms with Crippen molar-refractivity contribution in [1.82, 2.24) is 4.90 Å². The number of benzene rings is 1. The fourth-order valence-corrected chi connectivity index (χ4v) is 2.10. The summed E-state index contributed by atoms with van der Waals surface area (Å²) in [6.07, 6.45) is -0.0776. The lowest BCUT2D eigenvalue weighted by Gasteiger charge is -2.24. The normalized spacial score (nSPS) is 10.4. The lowest BCUT2D eigenvalue weighted by Crippen LogP contribution is -2.36. The van der Waals surface area contributed by atoms with Gasteiger partial charge in [0.25, 0.3) is 5.91 Å². The number of hydrogen-bond donors (Lipinski definition) is 1. The molecule has 0 aromatic heterocycles. The standard InChI is InChI=1S/C16H23NO5/c1-11(2)10-17(8-7-15(18)19)16(20)12-5-6-13(21-3)14(9-12)22-4/h5-6,9,11H,7-8,10H2,1-4H3,(H,18,19). The lowest BCUT2D eigenvalue weighted by atomic mass is 10.1. The maximum Gasteiger partial charge on any atom is 0.305 e. The molecule has 0 aliphatic rings. The van der Waals surface area contributed by atoms with Gasteiger partial charge in [0.05, 0.1) is 20.6 Å². The first-order valence-corrected chi connectivity index (χ1v) is 7.12. The van der Waals surface area contributed by atoms with Gasteiger partial charge in [-0.05, 0) is 24.1 Å². The van der Waals surface area contributed by atoms with Crippen LogP contribution in [0.2, 0.25) is 0 Å². The number of nitrogens with zero attached hydrogens (tertiary/aromatic N) is 1. The highest BCUT2D eigenvalue weighted by molar-refractivity contribution is 5.95. The van der Waals surface area contributed by atoms with Crippen molar-refractivity contribution in [1.29, 1.82) is 0 Å². The predicted octanol–water partition coefficient (Wildman–Crippen LogP) is 2.28. The molecular weight excluding hydrogens is 286 g/mol. The van der Waals surface area contributed by atoms with E-state index in [-0.39, 0.29) is 24.8 Å². The SMILES string of the molecule is COc1ccc(C(=O)N(CCC(=O)O)CC(C)C)cc1OC. The van der Waals surface area contributed by atoms with Crippen molar-refractivity contribution >= 4 is 11.9 Å². The van der Waals surface area contributed by atoms with Crippen LogP contribution in [0.3, 0.4) is 0 Å². The van der Waals surface area contributed by atoms with Crippen molar-refractivity contribution in [3.63, 3.8) is 0 Å². The second-order valence-corrected chi connectivity index (χ2v) is 5.36. The van der Waals surface area contributed by atoms with E-state index >= 15 is 0 Å². The number of carbonyl (C=O) groups excluding carboxylic acids is 1. The van der Waals surface area contributed by atoms with E-state index in [1.54, 1.807) is 23.1 Å². The molecule has 0 spiro atoms. The zero-order valence-electron chi connectivity index (χ0n) is 13.5. The van der Waals surface area contributed by atoms with E-state index in [2.05, 4.69) is 0 Å². The molecule has 1 rings (SSSR count). The Hall–Kier alpha value is -2.24. The number of methoxy groups -OCH3 is 2. The minimum Gasteiger partial charge on any atom is -0.493 e. The molecule has 22 heavy (non-hydrogen) atoms. The van der Waals surface area contributed by atoms with Crippen molar-refractivity contribution in [2.75, 3.05) is 27.3 Å². The van der Waals surface area contributed by atoms with Crippen LogP contribution in [0.4, 0.5) is 0 Å². The number of rotatable bonds is 8. The van der Waals surface area contributed by atoms with Crippen LogP contribution in [-0.4, -0.2) is 49.2 Å². The molecule has 0 unspecified atom stereocenters.